The van der Waals surface area contributed by atoms with E-state index in [9.17, 15) is 0 Å². The van der Waals surface area contributed by atoms with Gasteiger partial charge in [0, 0.05) is 46.9 Å². The second-order valence-corrected chi connectivity index (χ2v) is 0. The Bertz CT molecular complexity index is 6.00. The summed E-state index contributed by atoms with van der Waals surface area (Å²) in [7, 11) is 0. The summed E-state index contributed by atoms with van der Waals surface area (Å²) >= 11 is 0. The predicted octanol–water partition coefficient (Wildman–Crippen LogP) is 1.10. The van der Waals surface area contributed by atoms with E-state index in [1.807, 2.05) is 0 Å². The van der Waals surface area contributed by atoms with E-state index < -0.39 is 0 Å². The minimum atomic E-state index is 0. The zero-order chi connectivity index (χ0) is 0. The Morgan fingerprint density at radius 1 is 0.750 bits per heavy atom. The molecule has 0 aromatic rings. The molecule has 1 N–H and O–H groups in total. The fraction of sp³-hybridized carbons (Fsp3) is 1.00. The molecule has 0 aromatic heterocycles. The van der Waals surface area contributed by atoms with Gasteiger partial charge < -0.3 is 5.48 Å². The molecule has 1 nitrogen and oxygen atoms in total. The number of hydrogen-bond donors (Lipinski definition) is 0. The van der Waals surface area contributed by atoms with Crippen LogP contribution in [0.4, 0.5) is 0 Å². The maximum atomic E-state index is 0. The fourth-order valence-corrected chi connectivity index (χ4v) is 0. The molecular formula is C2H9OYb-. The Hall–Kier alpha value is 1.48. The van der Waals surface area contributed by atoms with Crippen molar-refractivity contribution in [3.05, 3.63) is 0 Å². The second-order valence-electron chi connectivity index (χ2n) is 0. The van der Waals surface area contributed by atoms with Crippen molar-refractivity contribution in [1.29, 1.82) is 0 Å². The van der Waals surface area contributed by atoms with E-state index in [-0.39, 0.29) is 67.3 Å². The number of hydrogen-bond acceptors (Lipinski definition) is 1. The van der Waals surface area contributed by atoms with Gasteiger partial charge in [0.15, 0.2) is 0 Å². The van der Waals surface area contributed by atoms with Gasteiger partial charge in [-0.15, -0.1) is 0 Å². The molecule has 0 atom stereocenters. The Kier molecular flexibility index (Phi) is 311. The van der Waals surface area contributed by atoms with E-state index in [0.717, 1.165) is 0 Å². The van der Waals surface area contributed by atoms with E-state index >= 15 is 0 Å². The largest absolute Gasteiger partial charge is 0.870 e. The van der Waals surface area contributed by atoms with Gasteiger partial charge in [0.25, 0.3) is 0 Å². The Balaban J connectivity index is 0. The van der Waals surface area contributed by atoms with E-state index in [1.54, 1.807) is 0 Å². The molecule has 0 saturated carbocycles. The maximum Gasteiger partial charge on any atom is 0 e. The summed E-state index contributed by atoms with van der Waals surface area (Å²) in [5, 5.41) is 0. The quantitative estimate of drug-likeness (QED) is 0.603. The molecule has 2 heteroatoms. The molecule has 0 heterocycles. The molecule has 0 aliphatic rings. The standard InChI is InChI=1S/2CH4.H2O.Yb/h2*1H4;1H2;/p-1. The van der Waals surface area contributed by atoms with Gasteiger partial charge in [-0.3, -0.25) is 0 Å². The van der Waals surface area contributed by atoms with Crippen molar-refractivity contribution >= 4 is 0 Å². The first kappa shape index (κ1) is 50.2. The summed E-state index contributed by atoms with van der Waals surface area (Å²) in [4.78, 5) is 0. The normalized spacial score (nSPS) is 0. The molecule has 0 aliphatic heterocycles. The Labute approximate surface area is 66.3 Å². The summed E-state index contributed by atoms with van der Waals surface area (Å²) in [6.07, 6.45) is 0. The van der Waals surface area contributed by atoms with E-state index in [1.165, 1.54) is 0 Å². The van der Waals surface area contributed by atoms with Crippen molar-refractivity contribution < 1.29 is 52.4 Å². The van der Waals surface area contributed by atoms with Crippen LogP contribution >= 0.6 is 0 Å². The first-order valence-electron chi connectivity index (χ1n) is 0. The van der Waals surface area contributed by atoms with Crippen molar-refractivity contribution in [2.75, 3.05) is 0 Å². The molecule has 0 radical (unpaired) electrons. The summed E-state index contributed by atoms with van der Waals surface area (Å²) < 4.78 is 0. The third kappa shape index (κ3) is 9.77. The van der Waals surface area contributed by atoms with E-state index in [0.29, 0.717) is 0 Å². The first-order chi connectivity index (χ1) is 0. The van der Waals surface area contributed by atoms with Gasteiger partial charge in [-0.25, -0.2) is 0 Å². The van der Waals surface area contributed by atoms with Gasteiger partial charge in [0.05, 0.1) is 0 Å². The van der Waals surface area contributed by atoms with Gasteiger partial charge in [-0.2, -0.15) is 0 Å². The van der Waals surface area contributed by atoms with Crippen LogP contribution in [0, 0.1) is 46.9 Å². The molecule has 0 aromatic carbocycles. The van der Waals surface area contributed by atoms with Crippen molar-refractivity contribution in [2.45, 2.75) is 14.9 Å². The Morgan fingerprint density at radius 3 is 0.750 bits per heavy atom. The zero-order valence-electron chi connectivity index (χ0n) is 0.714. The summed E-state index contributed by atoms with van der Waals surface area (Å²) in [5.41, 5.74) is 0. The molecule has 0 saturated heterocycles. The average Bonchev–Trinajstić information content (AvgIpc) is 0. The van der Waals surface area contributed by atoms with Crippen LogP contribution in [-0.4, -0.2) is 5.48 Å². The second kappa shape index (κ2) is 24.8. The Morgan fingerprint density at radius 2 is 0.750 bits per heavy atom. The zero-order valence-corrected chi connectivity index (χ0v) is 2.43. The topological polar surface area (TPSA) is 30.0 Å². The number of rotatable bonds is 0. The molecular weight excluding hydrogens is 213 g/mol. The van der Waals surface area contributed by atoms with Gasteiger partial charge in [-0.05, 0) is 0 Å². The molecule has 0 bridgehead atoms. The minimum absolute atomic E-state index is 0. The van der Waals surface area contributed by atoms with Crippen LogP contribution in [0.15, 0.2) is 0 Å². The van der Waals surface area contributed by atoms with Crippen LogP contribution in [0.5, 0.6) is 0 Å². The summed E-state index contributed by atoms with van der Waals surface area (Å²) in [6, 6.07) is 0. The van der Waals surface area contributed by atoms with Crippen molar-refractivity contribution in [3.8, 4) is 0 Å². The average molecular weight is 222 g/mol. The third-order valence-corrected chi connectivity index (χ3v) is 0. The van der Waals surface area contributed by atoms with Gasteiger partial charge >= 0.3 is 0 Å². The molecule has 0 aliphatic carbocycles. The molecule has 38 valence electrons. The molecule has 0 amide bonds. The van der Waals surface area contributed by atoms with Crippen molar-refractivity contribution in [3.63, 3.8) is 0 Å². The van der Waals surface area contributed by atoms with Crippen LogP contribution in [0.25, 0.3) is 0 Å². The minimum Gasteiger partial charge on any atom is -0.870 e. The van der Waals surface area contributed by atoms with Crippen LogP contribution in [0.1, 0.15) is 14.9 Å². The monoisotopic (exact) mass is 223 g/mol. The van der Waals surface area contributed by atoms with Crippen molar-refractivity contribution in [1.82, 2.24) is 0 Å². The first-order valence-corrected chi connectivity index (χ1v) is 0. The van der Waals surface area contributed by atoms with Crippen LogP contribution < -0.4 is 0 Å². The maximum absolute atomic E-state index is 0. The van der Waals surface area contributed by atoms with Gasteiger partial charge in [0.1, 0.15) is 0 Å². The molecule has 4 heavy (non-hydrogen) atoms. The molecule has 0 fully saturated rings. The van der Waals surface area contributed by atoms with Crippen LogP contribution in [-0.2, 0) is 0 Å². The van der Waals surface area contributed by atoms with Gasteiger partial charge in [-0.1, -0.05) is 14.9 Å². The molecule has 0 unspecified atom stereocenters. The van der Waals surface area contributed by atoms with Crippen LogP contribution in [0.3, 0.4) is 0 Å². The fourth-order valence-electron chi connectivity index (χ4n) is 0. The smallest absolute Gasteiger partial charge is 0 e. The van der Waals surface area contributed by atoms with Gasteiger partial charge in [0.2, 0.25) is 0 Å². The molecule has 0 rings (SSSR count). The van der Waals surface area contributed by atoms with Crippen molar-refractivity contribution in [2.24, 2.45) is 0 Å². The van der Waals surface area contributed by atoms with E-state index in [4.69, 9.17) is 0 Å². The molecule has 0 spiro atoms. The van der Waals surface area contributed by atoms with Crippen LogP contribution in [0.2, 0.25) is 0 Å². The summed E-state index contributed by atoms with van der Waals surface area (Å²) in [5.74, 6) is 0. The summed E-state index contributed by atoms with van der Waals surface area (Å²) in [6.45, 7) is 0. The third-order valence-electron chi connectivity index (χ3n) is 0. The predicted molar refractivity (Wildman–Crippen MR) is 15.4 cm³/mol. The van der Waals surface area contributed by atoms with E-state index in [2.05, 4.69) is 0 Å². The SMILES string of the molecule is C.C.[OH-].[Yb].